The molecule has 0 aromatic heterocycles. The van der Waals surface area contributed by atoms with Gasteiger partial charge in [-0.15, -0.1) is 0 Å². The highest BCUT2D eigenvalue weighted by Crippen LogP contribution is 2.37. The summed E-state index contributed by atoms with van der Waals surface area (Å²) in [4.78, 5) is 0. The monoisotopic (exact) mass is 291 g/mol. The van der Waals surface area contributed by atoms with Gasteiger partial charge in [-0.05, 0) is 43.4 Å². The molecule has 1 saturated carbocycles. The summed E-state index contributed by atoms with van der Waals surface area (Å²) >= 11 is 0. The summed E-state index contributed by atoms with van der Waals surface area (Å²) in [5.41, 5.74) is 0.665. The van der Waals surface area contributed by atoms with Crippen LogP contribution in [-0.4, -0.2) is 17.3 Å². The third-order valence-electron chi connectivity index (χ3n) is 3.80. The molecule has 1 aliphatic rings. The molecule has 0 radical (unpaired) electrons. The summed E-state index contributed by atoms with van der Waals surface area (Å²) in [6.45, 7) is 0.387. The van der Waals surface area contributed by atoms with Crippen molar-refractivity contribution < 1.29 is 22.7 Å². The molecule has 1 aromatic carbocycles. The zero-order valence-electron chi connectivity index (χ0n) is 10.9. The smallest absolute Gasteiger partial charge is 0.391 e. The summed E-state index contributed by atoms with van der Waals surface area (Å²) in [7, 11) is 0. The Balaban J connectivity index is 1.80. The molecule has 0 spiro atoms. The van der Waals surface area contributed by atoms with E-state index in [4.69, 9.17) is 5.11 Å². The number of hydrogen-bond donors (Lipinski definition) is 2. The highest BCUT2D eigenvalue weighted by Gasteiger charge is 2.41. The van der Waals surface area contributed by atoms with Crippen molar-refractivity contribution in [2.45, 2.75) is 44.4 Å². The van der Waals surface area contributed by atoms with Crippen LogP contribution in [0.3, 0.4) is 0 Å². The molecule has 0 bridgehead atoms. The summed E-state index contributed by atoms with van der Waals surface area (Å²) in [6.07, 6.45) is -2.85. The maximum Gasteiger partial charge on any atom is 0.391 e. The van der Waals surface area contributed by atoms with Gasteiger partial charge >= 0.3 is 6.18 Å². The largest absolute Gasteiger partial charge is 0.505 e. The lowest BCUT2D eigenvalue weighted by atomic mass is 9.85. The van der Waals surface area contributed by atoms with Crippen LogP contribution in [0.2, 0.25) is 0 Å². The molecular weight excluding hydrogens is 274 g/mol. The minimum atomic E-state index is -4.09. The van der Waals surface area contributed by atoms with Gasteiger partial charge in [-0.25, -0.2) is 4.39 Å². The molecule has 20 heavy (non-hydrogen) atoms. The van der Waals surface area contributed by atoms with Crippen LogP contribution in [0.5, 0.6) is 5.75 Å². The SMILES string of the molecule is Oc1ccc(CNC2CCC(C(F)(F)F)CC2)cc1F. The van der Waals surface area contributed by atoms with Gasteiger partial charge in [0.25, 0.3) is 0 Å². The Morgan fingerprint density at radius 1 is 1.15 bits per heavy atom. The molecule has 2 rings (SSSR count). The predicted octanol–water partition coefficient (Wildman–Crippen LogP) is 3.74. The van der Waals surface area contributed by atoms with Gasteiger partial charge in [0.1, 0.15) is 0 Å². The Kier molecular flexibility index (Phi) is 4.52. The second kappa shape index (κ2) is 5.99. The Labute approximate surface area is 114 Å². The first kappa shape index (κ1) is 15.1. The molecule has 0 amide bonds. The van der Waals surface area contributed by atoms with Crippen LogP contribution in [0.15, 0.2) is 18.2 Å². The normalized spacial score (nSPS) is 23.8. The summed E-state index contributed by atoms with van der Waals surface area (Å²) in [5, 5.41) is 12.2. The van der Waals surface area contributed by atoms with Gasteiger partial charge in [0.2, 0.25) is 0 Å². The molecule has 0 saturated heterocycles. The van der Waals surface area contributed by atoms with Gasteiger partial charge in [0, 0.05) is 12.6 Å². The number of rotatable bonds is 3. The topological polar surface area (TPSA) is 32.3 Å². The van der Waals surface area contributed by atoms with E-state index in [-0.39, 0.29) is 18.9 Å². The lowest BCUT2D eigenvalue weighted by molar-refractivity contribution is -0.182. The second-order valence-corrected chi connectivity index (χ2v) is 5.26. The van der Waals surface area contributed by atoms with Crippen molar-refractivity contribution in [3.63, 3.8) is 0 Å². The molecule has 1 aliphatic carbocycles. The van der Waals surface area contributed by atoms with E-state index in [1.54, 1.807) is 6.07 Å². The number of phenols is 1. The van der Waals surface area contributed by atoms with E-state index in [1.807, 2.05) is 0 Å². The first-order valence-electron chi connectivity index (χ1n) is 6.64. The van der Waals surface area contributed by atoms with Gasteiger partial charge in [-0.2, -0.15) is 13.2 Å². The van der Waals surface area contributed by atoms with E-state index in [9.17, 15) is 17.6 Å². The molecule has 0 aliphatic heterocycles. The third-order valence-corrected chi connectivity index (χ3v) is 3.80. The summed E-state index contributed by atoms with van der Waals surface area (Å²) < 4.78 is 50.7. The van der Waals surface area contributed by atoms with Crippen molar-refractivity contribution in [1.29, 1.82) is 0 Å². The van der Waals surface area contributed by atoms with Crippen molar-refractivity contribution >= 4 is 0 Å². The fourth-order valence-electron chi connectivity index (χ4n) is 2.55. The van der Waals surface area contributed by atoms with Gasteiger partial charge in [-0.1, -0.05) is 6.07 Å². The van der Waals surface area contributed by atoms with E-state index in [1.165, 1.54) is 12.1 Å². The number of halogens is 4. The zero-order valence-corrected chi connectivity index (χ0v) is 10.9. The molecule has 2 N–H and O–H groups in total. The fraction of sp³-hybridized carbons (Fsp3) is 0.571. The Morgan fingerprint density at radius 2 is 1.80 bits per heavy atom. The van der Waals surface area contributed by atoms with Gasteiger partial charge in [-0.3, -0.25) is 0 Å². The van der Waals surface area contributed by atoms with Gasteiger partial charge in [0.05, 0.1) is 5.92 Å². The Bertz CT molecular complexity index is 453. The number of phenolic OH excluding ortho intramolecular Hbond substituents is 1. The zero-order chi connectivity index (χ0) is 14.8. The van der Waals surface area contributed by atoms with Crippen LogP contribution in [0.4, 0.5) is 17.6 Å². The van der Waals surface area contributed by atoms with Crippen LogP contribution >= 0.6 is 0 Å². The predicted molar refractivity (Wildman–Crippen MR) is 66.7 cm³/mol. The average Bonchev–Trinajstić information content (AvgIpc) is 2.40. The summed E-state index contributed by atoms with van der Waals surface area (Å²) in [5.74, 6) is -2.28. The highest BCUT2D eigenvalue weighted by molar-refractivity contribution is 5.27. The van der Waals surface area contributed by atoms with E-state index >= 15 is 0 Å². The highest BCUT2D eigenvalue weighted by atomic mass is 19.4. The molecule has 0 atom stereocenters. The van der Waals surface area contributed by atoms with Gasteiger partial charge < -0.3 is 10.4 Å². The Hall–Kier alpha value is -1.30. The van der Waals surface area contributed by atoms with Crippen molar-refractivity contribution in [2.75, 3.05) is 0 Å². The Morgan fingerprint density at radius 3 is 2.35 bits per heavy atom. The molecule has 6 heteroatoms. The molecule has 0 unspecified atom stereocenters. The average molecular weight is 291 g/mol. The van der Waals surface area contributed by atoms with Crippen LogP contribution in [-0.2, 0) is 6.54 Å². The van der Waals surface area contributed by atoms with Crippen molar-refractivity contribution in [2.24, 2.45) is 5.92 Å². The van der Waals surface area contributed by atoms with Crippen LogP contribution in [0.1, 0.15) is 31.2 Å². The molecule has 0 heterocycles. The third kappa shape index (κ3) is 3.85. The first-order chi connectivity index (χ1) is 9.36. The van der Waals surface area contributed by atoms with Gasteiger partial charge in [0.15, 0.2) is 11.6 Å². The standard InChI is InChI=1S/C14H17F4NO/c15-12-7-9(1-6-13(12)20)8-19-11-4-2-10(3-5-11)14(16,17)18/h1,6-7,10-11,19-20H,2-5,8H2. The van der Waals surface area contributed by atoms with E-state index < -0.39 is 23.7 Å². The lowest BCUT2D eigenvalue weighted by Crippen LogP contribution is -2.36. The molecule has 1 aromatic rings. The second-order valence-electron chi connectivity index (χ2n) is 5.26. The summed E-state index contributed by atoms with van der Waals surface area (Å²) in [6, 6.07) is 4.12. The number of hydrogen-bond acceptors (Lipinski definition) is 2. The van der Waals surface area contributed by atoms with Crippen LogP contribution in [0, 0.1) is 11.7 Å². The van der Waals surface area contributed by atoms with Crippen LogP contribution < -0.4 is 5.32 Å². The molecule has 112 valence electrons. The minimum Gasteiger partial charge on any atom is -0.505 e. The van der Waals surface area contributed by atoms with Crippen molar-refractivity contribution in [3.8, 4) is 5.75 Å². The maximum absolute atomic E-state index is 13.1. The molecular formula is C14H17F4NO. The van der Waals surface area contributed by atoms with E-state index in [2.05, 4.69) is 5.32 Å². The quantitative estimate of drug-likeness (QED) is 0.831. The maximum atomic E-state index is 13.1. The molecule has 2 nitrogen and oxygen atoms in total. The van der Waals surface area contributed by atoms with Crippen molar-refractivity contribution in [3.05, 3.63) is 29.6 Å². The number of nitrogens with one attached hydrogen (secondary N) is 1. The number of benzene rings is 1. The van der Waals surface area contributed by atoms with E-state index in [0.29, 0.717) is 24.9 Å². The lowest BCUT2D eigenvalue weighted by Gasteiger charge is -2.30. The first-order valence-corrected chi connectivity index (χ1v) is 6.64. The van der Waals surface area contributed by atoms with Crippen molar-refractivity contribution in [1.82, 2.24) is 5.32 Å². The molecule has 1 fully saturated rings. The number of aromatic hydroxyl groups is 1. The van der Waals surface area contributed by atoms with E-state index in [0.717, 1.165) is 0 Å². The fourth-order valence-corrected chi connectivity index (χ4v) is 2.55. The number of alkyl halides is 3. The van der Waals surface area contributed by atoms with Crippen LogP contribution in [0.25, 0.3) is 0 Å². The minimum absolute atomic E-state index is 0.0328.